The number of hydrogen-bond donors (Lipinski definition) is 1. The molecule has 0 aliphatic heterocycles. The van der Waals surface area contributed by atoms with Crippen molar-refractivity contribution in [2.45, 2.75) is 6.54 Å². The maximum absolute atomic E-state index is 12.6. The highest BCUT2D eigenvalue weighted by Crippen LogP contribution is 2.30. The zero-order chi connectivity index (χ0) is 20.3. The second-order valence-corrected chi connectivity index (χ2v) is 6.69. The van der Waals surface area contributed by atoms with Gasteiger partial charge in [0.15, 0.2) is 5.58 Å². The first-order chi connectivity index (χ1) is 14.8. The maximum Gasteiger partial charge on any atom is 0.251 e. The Morgan fingerprint density at radius 2 is 1.93 bits per heavy atom. The van der Waals surface area contributed by atoms with Gasteiger partial charge in [-0.3, -0.25) is 9.78 Å². The SMILES string of the molecule is O=C(NCc1cccnc1)c1ccc2onc(-c3coc(-c4ccccc4)n3)c2c1. The van der Waals surface area contributed by atoms with Gasteiger partial charge in [-0.15, -0.1) is 0 Å². The van der Waals surface area contributed by atoms with E-state index in [1.165, 1.54) is 6.26 Å². The second-order valence-electron chi connectivity index (χ2n) is 6.69. The Hall–Kier alpha value is -4.26. The van der Waals surface area contributed by atoms with Crippen LogP contribution in [0.3, 0.4) is 0 Å². The number of oxazole rings is 1. The fraction of sp³-hybridized carbons (Fsp3) is 0.0435. The molecule has 1 amide bonds. The van der Waals surface area contributed by atoms with Crippen LogP contribution in [0.2, 0.25) is 0 Å². The van der Waals surface area contributed by atoms with E-state index >= 15 is 0 Å². The molecule has 7 nitrogen and oxygen atoms in total. The van der Waals surface area contributed by atoms with Gasteiger partial charge in [0.2, 0.25) is 5.89 Å². The van der Waals surface area contributed by atoms with Gasteiger partial charge in [-0.25, -0.2) is 4.98 Å². The van der Waals surface area contributed by atoms with Crippen LogP contribution in [0.1, 0.15) is 15.9 Å². The minimum atomic E-state index is -0.196. The van der Waals surface area contributed by atoms with Crippen molar-refractivity contribution in [3.05, 3.63) is 90.4 Å². The lowest BCUT2D eigenvalue weighted by molar-refractivity contribution is 0.0951. The molecule has 2 aromatic carbocycles. The summed E-state index contributed by atoms with van der Waals surface area (Å²) < 4.78 is 11.0. The Morgan fingerprint density at radius 1 is 1.03 bits per heavy atom. The number of aromatic nitrogens is 3. The van der Waals surface area contributed by atoms with Gasteiger partial charge in [-0.1, -0.05) is 29.4 Å². The second kappa shape index (κ2) is 7.63. The van der Waals surface area contributed by atoms with Gasteiger partial charge < -0.3 is 14.3 Å². The number of nitrogens with one attached hydrogen (secondary N) is 1. The van der Waals surface area contributed by atoms with Crippen molar-refractivity contribution in [3.63, 3.8) is 0 Å². The first-order valence-electron chi connectivity index (χ1n) is 9.36. The highest BCUT2D eigenvalue weighted by atomic mass is 16.5. The summed E-state index contributed by atoms with van der Waals surface area (Å²) in [6.07, 6.45) is 4.95. The summed E-state index contributed by atoms with van der Waals surface area (Å²) in [6.45, 7) is 0.394. The average molecular weight is 396 g/mol. The molecule has 3 heterocycles. The zero-order valence-corrected chi connectivity index (χ0v) is 15.8. The van der Waals surface area contributed by atoms with Gasteiger partial charge in [0.05, 0.1) is 5.39 Å². The predicted octanol–water partition coefficient (Wildman–Crippen LogP) is 4.47. The Kier molecular flexibility index (Phi) is 4.53. The van der Waals surface area contributed by atoms with Crippen molar-refractivity contribution in [1.29, 1.82) is 0 Å². The van der Waals surface area contributed by atoms with E-state index < -0.39 is 0 Å². The molecular formula is C23H16N4O3. The largest absolute Gasteiger partial charge is 0.444 e. The standard InChI is InChI=1S/C23H16N4O3/c28-22(25-13-15-5-4-10-24-12-15)17-8-9-20-18(11-17)21(27-30-20)19-14-29-23(26-19)16-6-2-1-3-7-16/h1-12,14H,13H2,(H,25,28). The molecule has 0 spiro atoms. The lowest BCUT2D eigenvalue weighted by Gasteiger charge is -2.05. The Labute approximate surface area is 171 Å². The van der Waals surface area contributed by atoms with E-state index in [9.17, 15) is 4.79 Å². The van der Waals surface area contributed by atoms with Crippen molar-refractivity contribution in [2.24, 2.45) is 0 Å². The van der Waals surface area contributed by atoms with E-state index in [0.29, 0.717) is 40.4 Å². The van der Waals surface area contributed by atoms with Crippen molar-refractivity contribution < 1.29 is 13.7 Å². The molecule has 30 heavy (non-hydrogen) atoms. The summed E-state index contributed by atoms with van der Waals surface area (Å²) in [5, 5.41) is 7.71. The number of benzene rings is 2. The Morgan fingerprint density at radius 3 is 2.77 bits per heavy atom. The number of pyridine rings is 1. The number of amides is 1. The highest BCUT2D eigenvalue weighted by molar-refractivity contribution is 6.00. The van der Waals surface area contributed by atoms with E-state index in [4.69, 9.17) is 8.94 Å². The predicted molar refractivity (Wildman–Crippen MR) is 110 cm³/mol. The number of hydrogen-bond acceptors (Lipinski definition) is 6. The third-order valence-corrected chi connectivity index (χ3v) is 4.68. The molecule has 0 saturated carbocycles. The molecule has 0 bridgehead atoms. The minimum Gasteiger partial charge on any atom is -0.444 e. The summed E-state index contributed by atoms with van der Waals surface area (Å²) >= 11 is 0. The topological polar surface area (TPSA) is 94.1 Å². The van der Waals surface area contributed by atoms with Crippen LogP contribution in [0.4, 0.5) is 0 Å². The number of fused-ring (bicyclic) bond motifs is 1. The molecule has 0 aliphatic rings. The third kappa shape index (κ3) is 3.44. The molecule has 7 heteroatoms. The van der Waals surface area contributed by atoms with Gasteiger partial charge in [-0.05, 0) is 42.0 Å². The quantitative estimate of drug-likeness (QED) is 0.471. The highest BCUT2D eigenvalue weighted by Gasteiger charge is 2.17. The number of rotatable bonds is 5. The van der Waals surface area contributed by atoms with Crippen LogP contribution in [0.25, 0.3) is 33.8 Å². The van der Waals surface area contributed by atoms with Gasteiger partial charge in [-0.2, -0.15) is 0 Å². The number of carbonyl (C=O) groups is 1. The Balaban J connectivity index is 1.42. The normalized spacial score (nSPS) is 10.9. The maximum atomic E-state index is 12.6. The molecule has 5 rings (SSSR count). The van der Waals surface area contributed by atoms with E-state index in [-0.39, 0.29) is 5.91 Å². The molecular weight excluding hydrogens is 380 g/mol. The van der Waals surface area contributed by atoms with E-state index in [2.05, 4.69) is 20.4 Å². The van der Waals surface area contributed by atoms with Crippen LogP contribution in [0, 0.1) is 0 Å². The first-order valence-corrected chi connectivity index (χ1v) is 9.36. The molecule has 0 fully saturated rings. The first kappa shape index (κ1) is 17.8. The van der Waals surface area contributed by atoms with Crippen LogP contribution in [0.5, 0.6) is 0 Å². The summed E-state index contributed by atoms with van der Waals surface area (Å²) in [4.78, 5) is 21.2. The van der Waals surface area contributed by atoms with Gasteiger partial charge >= 0.3 is 0 Å². The summed E-state index contributed by atoms with van der Waals surface area (Å²) in [6, 6.07) is 18.5. The Bertz CT molecular complexity index is 1310. The molecule has 0 radical (unpaired) electrons. The van der Waals surface area contributed by atoms with Crippen LogP contribution < -0.4 is 5.32 Å². The monoisotopic (exact) mass is 396 g/mol. The van der Waals surface area contributed by atoms with Gasteiger partial charge in [0.25, 0.3) is 5.91 Å². The van der Waals surface area contributed by atoms with E-state index in [0.717, 1.165) is 11.1 Å². The minimum absolute atomic E-state index is 0.196. The van der Waals surface area contributed by atoms with Crippen molar-refractivity contribution in [1.82, 2.24) is 20.4 Å². The van der Waals surface area contributed by atoms with Crippen LogP contribution in [0.15, 0.2) is 88.3 Å². The zero-order valence-electron chi connectivity index (χ0n) is 15.8. The van der Waals surface area contributed by atoms with E-state index in [1.54, 1.807) is 30.6 Å². The van der Waals surface area contributed by atoms with E-state index in [1.807, 2.05) is 42.5 Å². The van der Waals surface area contributed by atoms with Gasteiger partial charge in [0.1, 0.15) is 17.7 Å². The molecule has 3 aromatic heterocycles. The lowest BCUT2D eigenvalue weighted by Crippen LogP contribution is -2.22. The molecule has 0 saturated heterocycles. The molecule has 0 unspecified atom stereocenters. The molecule has 146 valence electrons. The van der Waals surface area contributed by atoms with Crippen LogP contribution in [-0.2, 0) is 6.54 Å². The summed E-state index contributed by atoms with van der Waals surface area (Å²) in [5.74, 6) is 0.296. The van der Waals surface area contributed by atoms with Crippen LogP contribution in [-0.4, -0.2) is 21.0 Å². The van der Waals surface area contributed by atoms with Gasteiger partial charge in [0, 0.05) is 30.1 Å². The van der Waals surface area contributed by atoms with Crippen molar-refractivity contribution in [2.75, 3.05) is 0 Å². The molecule has 1 N–H and O–H groups in total. The third-order valence-electron chi connectivity index (χ3n) is 4.68. The smallest absolute Gasteiger partial charge is 0.251 e. The van der Waals surface area contributed by atoms with Crippen molar-refractivity contribution >= 4 is 16.9 Å². The summed E-state index contributed by atoms with van der Waals surface area (Å²) in [7, 11) is 0. The molecule has 5 aromatic rings. The molecule has 0 aliphatic carbocycles. The van der Waals surface area contributed by atoms with Crippen LogP contribution >= 0.6 is 0 Å². The lowest BCUT2D eigenvalue weighted by atomic mass is 10.1. The summed E-state index contributed by atoms with van der Waals surface area (Å²) in [5.41, 5.74) is 3.93. The average Bonchev–Trinajstić information content (AvgIpc) is 3.45. The number of nitrogens with zero attached hydrogens (tertiary/aromatic N) is 3. The molecule has 0 atom stereocenters. The number of carbonyl (C=O) groups excluding carboxylic acids is 1. The fourth-order valence-electron chi connectivity index (χ4n) is 3.15. The fourth-order valence-corrected chi connectivity index (χ4v) is 3.15. The van der Waals surface area contributed by atoms with Crippen molar-refractivity contribution in [3.8, 4) is 22.8 Å².